The third kappa shape index (κ3) is 4.10. The van der Waals surface area contributed by atoms with E-state index in [0.717, 1.165) is 25.9 Å². The molecule has 0 aromatic heterocycles. The molecular formula is C12H25N3O. The summed E-state index contributed by atoms with van der Waals surface area (Å²) >= 11 is 0. The molecule has 1 saturated heterocycles. The second-order valence-corrected chi connectivity index (χ2v) is 5.18. The van der Waals surface area contributed by atoms with Crippen molar-refractivity contribution in [3.05, 3.63) is 0 Å². The zero-order chi connectivity index (χ0) is 12.1. The molecule has 1 atom stereocenters. The van der Waals surface area contributed by atoms with Crippen LogP contribution < -0.4 is 5.32 Å². The van der Waals surface area contributed by atoms with Gasteiger partial charge in [0.25, 0.3) is 0 Å². The van der Waals surface area contributed by atoms with Crippen molar-refractivity contribution in [2.24, 2.45) is 0 Å². The molecule has 0 aromatic carbocycles. The van der Waals surface area contributed by atoms with Gasteiger partial charge in [0.05, 0.1) is 6.54 Å². The molecule has 0 spiro atoms. The van der Waals surface area contributed by atoms with E-state index in [9.17, 15) is 4.79 Å². The first-order valence-electron chi connectivity index (χ1n) is 6.18. The molecule has 1 aliphatic heterocycles. The molecule has 0 saturated carbocycles. The molecule has 1 rings (SSSR count). The van der Waals surface area contributed by atoms with Crippen LogP contribution in [-0.2, 0) is 4.79 Å². The predicted molar refractivity (Wildman–Crippen MR) is 66.4 cm³/mol. The van der Waals surface area contributed by atoms with Crippen LogP contribution in [0.5, 0.6) is 0 Å². The molecule has 0 radical (unpaired) electrons. The fourth-order valence-corrected chi connectivity index (χ4v) is 2.17. The summed E-state index contributed by atoms with van der Waals surface area (Å²) in [5.74, 6) is 0.248. The van der Waals surface area contributed by atoms with Crippen molar-refractivity contribution in [2.75, 3.05) is 33.7 Å². The summed E-state index contributed by atoms with van der Waals surface area (Å²) in [6.07, 6.45) is 2.29. The first-order chi connectivity index (χ1) is 7.50. The van der Waals surface area contributed by atoms with E-state index in [-0.39, 0.29) is 5.91 Å². The van der Waals surface area contributed by atoms with Gasteiger partial charge >= 0.3 is 0 Å². The van der Waals surface area contributed by atoms with Gasteiger partial charge in [0, 0.05) is 25.2 Å². The SMILES string of the molecule is CC(C)NCC(=O)N1CCCC1CN(C)C. The fourth-order valence-electron chi connectivity index (χ4n) is 2.17. The molecule has 0 aromatic rings. The van der Waals surface area contributed by atoms with Crippen molar-refractivity contribution in [3.63, 3.8) is 0 Å². The van der Waals surface area contributed by atoms with Gasteiger partial charge in [0.15, 0.2) is 0 Å². The standard InChI is InChI=1S/C12H25N3O/c1-10(2)13-8-12(16)15-7-5-6-11(15)9-14(3)4/h10-11,13H,5-9H2,1-4H3. The van der Waals surface area contributed by atoms with Crippen molar-refractivity contribution >= 4 is 5.91 Å². The van der Waals surface area contributed by atoms with Crippen LogP contribution in [0.1, 0.15) is 26.7 Å². The van der Waals surface area contributed by atoms with E-state index in [4.69, 9.17) is 0 Å². The Kier molecular flexibility index (Phi) is 5.22. The van der Waals surface area contributed by atoms with E-state index >= 15 is 0 Å². The Balaban J connectivity index is 2.41. The van der Waals surface area contributed by atoms with E-state index in [1.165, 1.54) is 0 Å². The highest BCUT2D eigenvalue weighted by Crippen LogP contribution is 2.17. The molecule has 4 heteroatoms. The monoisotopic (exact) mass is 227 g/mol. The number of rotatable bonds is 5. The molecule has 1 fully saturated rings. The van der Waals surface area contributed by atoms with Gasteiger partial charge in [-0.1, -0.05) is 13.8 Å². The normalized spacial score (nSPS) is 21.1. The third-order valence-corrected chi connectivity index (χ3v) is 2.93. The van der Waals surface area contributed by atoms with E-state index in [1.807, 2.05) is 4.90 Å². The van der Waals surface area contributed by atoms with Crippen LogP contribution >= 0.6 is 0 Å². The summed E-state index contributed by atoms with van der Waals surface area (Å²) in [5, 5.41) is 3.19. The third-order valence-electron chi connectivity index (χ3n) is 2.93. The number of hydrogen-bond donors (Lipinski definition) is 1. The lowest BCUT2D eigenvalue weighted by Crippen LogP contribution is -2.45. The topological polar surface area (TPSA) is 35.6 Å². The fraction of sp³-hybridized carbons (Fsp3) is 0.917. The van der Waals surface area contributed by atoms with Crippen LogP contribution in [0, 0.1) is 0 Å². The number of nitrogens with zero attached hydrogens (tertiary/aromatic N) is 2. The quantitative estimate of drug-likeness (QED) is 0.744. The number of likely N-dealkylation sites (N-methyl/N-ethyl adjacent to an activating group) is 1. The summed E-state index contributed by atoms with van der Waals surface area (Å²) < 4.78 is 0. The number of carbonyl (C=O) groups is 1. The van der Waals surface area contributed by atoms with E-state index < -0.39 is 0 Å². The Bertz CT molecular complexity index is 228. The summed E-state index contributed by atoms with van der Waals surface area (Å²) in [7, 11) is 4.13. The van der Waals surface area contributed by atoms with Crippen LogP contribution in [0.25, 0.3) is 0 Å². The minimum Gasteiger partial charge on any atom is -0.337 e. The minimum absolute atomic E-state index is 0.248. The largest absolute Gasteiger partial charge is 0.337 e. The lowest BCUT2D eigenvalue weighted by Gasteiger charge is -2.27. The molecule has 1 heterocycles. The molecule has 1 N–H and O–H groups in total. The van der Waals surface area contributed by atoms with Crippen LogP contribution in [0.15, 0.2) is 0 Å². The van der Waals surface area contributed by atoms with E-state index in [1.54, 1.807) is 0 Å². The molecular weight excluding hydrogens is 202 g/mol. The Hall–Kier alpha value is -0.610. The van der Waals surface area contributed by atoms with Crippen LogP contribution in [0.4, 0.5) is 0 Å². The predicted octanol–water partition coefficient (Wildman–Crippen LogP) is 0.537. The molecule has 16 heavy (non-hydrogen) atoms. The zero-order valence-corrected chi connectivity index (χ0v) is 11.0. The van der Waals surface area contributed by atoms with E-state index in [2.05, 4.69) is 38.2 Å². The summed E-state index contributed by atoms with van der Waals surface area (Å²) in [4.78, 5) is 16.2. The molecule has 0 bridgehead atoms. The highest BCUT2D eigenvalue weighted by atomic mass is 16.2. The molecule has 0 aliphatic carbocycles. The van der Waals surface area contributed by atoms with Crippen LogP contribution in [0.2, 0.25) is 0 Å². The maximum atomic E-state index is 12.0. The van der Waals surface area contributed by atoms with Gasteiger partial charge in [-0.05, 0) is 26.9 Å². The van der Waals surface area contributed by atoms with Crippen molar-refractivity contribution in [2.45, 2.75) is 38.8 Å². The first kappa shape index (κ1) is 13.5. The second kappa shape index (κ2) is 6.21. The highest BCUT2D eigenvalue weighted by Gasteiger charge is 2.28. The molecule has 1 amide bonds. The Labute approximate surface area is 99.0 Å². The number of hydrogen-bond acceptors (Lipinski definition) is 3. The lowest BCUT2D eigenvalue weighted by atomic mass is 10.2. The van der Waals surface area contributed by atoms with Gasteiger partial charge in [-0.2, -0.15) is 0 Å². The Morgan fingerprint density at radius 3 is 2.75 bits per heavy atom. The van der Waals surface area contributed by atoms with Gasteiger partial charge < -0.3 is 15.1 Å². The van der Waals surface area contributed by atoms with Gasteiger partial charge in [0.2, 0.25) is 5.91 Å². The smallest absolute Gasteiger partial charge is 0.236 e. The lowest BCUT2D eigenvalue weighted by molar-refractivity contribution is -0.131. The van der Waals surface area contributed by atoms with Gasteiger partial charge in [-0.25, -0.2) is 0 Å². The number of carbonyl (C=O) groups excluding carboxylic acids is 1. The minimum atomic E-state index is 0.248. The van der Waals surface area contributed by atoms with Crippen molar-refractivity contribution < 1.29 is 4.79 Å². The van der Waals surface area contributed by atoms with Gasteiger partial charge in [0.1, 0.15) is 0 Å². The maximum Gasteiger partial charge on any atom is 0.236 e. The van der Waals surface area contributed by atoms with Gasteiger partial charge in [-0.15, -0.1) is 0 Å². The first-order valence-corrected chi connectivity index (χ1v) is 6.18. The van der Waals surface area contributed by atoms with Crippen molar-refractivity contribution in [1.29, 1.82) is 0 Å². The van der Waals surface area contributed by atoms with Crippen LogP contribution in [-0.4, -0.2) is 61.5 Å². The molecule has 1 unspecified atom stereocenters. The second-order valence-electron chi connectivity index (χ2n) is 5.18. The Morgan fingerprint density at radius 1 is 1.50 bits per heavy atom. The van der Waals surface area contributed by atoms with Gasteiger partial charge in [-0.3, -0.25) is 4.79 Å². The number of amides is 1. The summed E-state index contributed by atoms with van der Waals surface area (Å²) in [5.41, 5.74) is 0. The van der Waals surface area contributed by atoms with Crippen molar-refractivity contribution in [1.82, 2.24) is 15.1 Å². The zero-order valence-electron chi connectivity index (χ0n) is 11.0. The summed E-state index contributed by atoms with van der Waals surface area (Å²) in [6.45, 7) is 6.51. The van der Waals surface area contributed by atoms with Crippen LogP contribution in [0.3, 0.4) is 0 Å². The Morgan fingerprint density at radius 2 is 2.19 bits per heavy atom. The van der Waals surface area contributed by atoms with Crippen molar-refractivity contribution in [3.8, 4) is 0 Å². The average Bonchev–Trinajstić information content (AvgIpc) is 2.61. The average molecular weight is 227 g/mol. The number of likely N-dealkylation sites (tertiary alicyclic amines) is 1. The highest BCUT2D eigenvalue weighted by molar-refractivity contribution is 5.78. The molecule has 1 aliphatic rings. The molecule has 4 nitrogen and oxygen atoms in total. The molecule has 94 valence electrons. The van der Waals surface area contributed by atoms with E-state index in [0.29, 0.717) is 18.6 Å². The maximum absolute atomic E-state index is 12.0. The number of nitrogens with one attached hydrogen (secondary N) is 1. The summed E-state index contributed by atoms with van der Waals surface area (Å²) in [6, 6.07) is 0.787.